The molecule has 0 bridgehead atoms. The van der Waals surface area contributed by atoms with Gasteiger partial charge in [0.15, 0.2) is 11.6 Å². The lowest BCUT2D eigenvalue weighted by Gasteiger charge is -2.49. The van der Waals surface area contributed by atoms with Gasteiger partial charge in [0.05, 0.1) is 16.4 Å². The number of hydrogen-bond acceptors (Lipinski definition) is 7. The number of rotatable bonds is 3. The van der Waals surface area contributed by atoms with Gasteiger partial charge in [-0.25, -0.2) is 0 Å². The van der Waals surface area contributed by atoms with E-state index in [1.165, 1.54) is 37.3 Å². The van der Waals surface area contributed by atoms with E-state index in [9.17, 15) is 34.9 Å². The van der Waals surface area contributed by atoms with Crippen LogP contribution in [0.5, 0.6) is 0 Å². The molecule has 0 amide bonds. The Morgan fingerprint density at radius 3 is 2.13 bits per heavy atom. The second kappa shape index (κ2) is 6.53. The number of Topliss-reactive ketones (excluding diaryl/α,β-unsaturated/α-hetero) is 2. The van der Waals surface area contributed by atoms with E-state index >= 15 is 0 Å². The highest BCUT2D eigenvalue weighted by Crippen LogP contribution is 2.59. The van der Waals surface area contributed by atoms with E-state index in [1.54, 1.807) is 12.1 Å². The summed E-state index contributed by atoms with van der Waals surface area (Å²) in [6, 6.07) is 9.87. The molecule has 9 nitrogen and oxygen atoms in total. The third-order valence-electron chi connectivity index (χ3n) is 6.47. The molecule has 2 aromatic rings. The van der Waals surface area contributed by atoms with Gasteiger partial charge in [-0.2, -0.15) is 0 Å². The number of nitro benzene ring substituents is 1. The highest BCUT2D eigenvalue weighted by Gasteiger charge is 2.72. The Morgan fingerprint density at radius 2 is 1.60 bits per heavy atom. The average molecular weight is 410 g/mol. The summed E-state index contributed by atoms with van der Waals surface area (Å²) in [5.74, 6) is -2.73. The number of aliphatic hydroxyl groups is 1. The maximum absolute atomic E-state index is 13.6. The van der Waals surface area contributed by atoms with E-state index in [0.29, 0.717) is 0 Å². The number of nitrogens with zero attached hydrogens (tertiary/aromatic N) is 2. The Bertz CT molecular complexity index is 1070. The zero-order valence-electron chi connectivity index (χ0n) is 16.0. The largest absolute Gasteiger partial charge is 0.389 e. The summed E-state index contributed by atoms with van der Waals surface area (Å²) in [5.41, 5.74) is -4.01. The summed E-state index contributed by atoms with van der Waals surface area (Å²) in [6.07, 6.45) is -0.207. The molecule has 0 saturated heterocycles. The molecule has 9 heteroatoms. The van der Waals surface area contributed by atoms with Gasteiger partial charge in [-0.1, -0.05) is 36.4 Å². The molecule has 0 unspecified atom stereocenters. The molecule has 1 fully saturated rings. The van der Waals surface area contributed by atoms with Gasteiger partial charge in [-0.3, -0.25) is 29.8 Å². The van der Waals surface area contributed by atoms with E-state index in [1.807, 2.05) is 0 Å². The summed E-state index contributed by atoms with van der Waals surface area (Å²) in [4.78, 5) is 49.3. The van der Waals surface area contributed by atoms with Crippen molar-refractivity contribution in [3.05, 3.63) is 85.4 Å². The smallest absolute Gasteiger partial charge is 0.269 e. The monoisotopic (exact) mass is 410 g/mol. The molecule has 0 heterocycles. The molecule has 1 N–H and O–H groups in total. The highest BCUT2D eigenvalue weighted by molar-refractivity contribution is 6.31. The predicted octanol–water partition coefficient (Wildman–Crippen LogP) is 2.93. The van der Waals surface area contributed by atoms with Crippen molar-refractivity contribution in [3.8, 4) is 0 Å². The Labute approximate surface area is 170 Å². The third-order valence-corrected chi connectivity index (χ3v) is 6.47. The number of benzene rings is 2. The summed E-state index contributed by atoms with van der Waals surface area (Å²) in [7, 11) is 0. The van der Waals surface area contributed by atoms with Crippen molar-refractivity contribution in [2.75, 3.05) is 0 Å². The van der Waals surface area contributed by atoms with Gasteiger partial charge >= 0.3 is 0 Å². The van der Waals surface area contributed by atoms with Crippen molar-refractivity contribution in [1.82, 2.24) is 0 Å². The Morgan fingerprint density at radius 1 is 1.00 bits per heavy atom. The number of ketones is 2. The highest BCUT2D eigenvalue weighted by atomic mass is 16.6. The quantitative estimate of drug-likeness (QED) is 0.466. The maximum Gasteiger partial charge on any atom is 0.269 e. The first-order valence-corrected chi connectivity index (χ1v) is 9.42. The van der Waals surface area contributed by atoms with Crippen LogP contribution in [-0.2, 0) is 0 Å². The van der Waals surface area contributed by atoms with Crippen molar-refractivity contribution in [2.24, 2.45) is 5.41 Å². The second-order valence-electron chi connectivity index (χ2n) is 8.01. The average Bonchev–Trinajstić information content (AvgIpc) is 2.93. The molecule has 1 saturated carbocycles. The summed E-state index contributed by atoms with van der Waals surface area (Å²) < 4.78 is 0. The molecule has 2 aliphatic carbocycles. The van der Waals surface area contributed by atoms with Crippen LogP contribution < -0.4 is 0 Å². The first-order valence-electron chi connectivity index (χ1n) is 9.42. The topological polar surface area (TPSA) is 141 Å². The van der Waals surface area contributed by atoms with Crippen LogP contribution in [0.2, 0.25) is 0 Å². The number of non-ortho nitro benzene ring substituents is 1. The van der Waals surface area contributed by atoms with Crippen LogP contribution in [-0.4, -0.2) is 38.2 Å². The van der Waals surface area contributed by atoms with Gasteiger partial charge < -0.3 is 5.11 Å². The fraction of sp³-hybridized carbons (Fsp3) is 0.333. The molecule has 3 atom stereocenters. The fourth-order valence-corrected chi connectivity index (χ4v) is 5.13. The lowest BCUT2D eigenvalue weighted by Crippen LogP contribution is -2.63. The van der Waals surface area contributed by atoms with E-state index in [0.717, 1.165) is 6.07 Å². The van der Waals surface area contributed by atoms with Gasteiger partial charge in [0.1, 0.15) is 5.41 Å². The molecule has 4 rings (SSSR count). The van der Waals surface area contributed by atoms with E-state index in [4.69, 9.17) is 0 Å². The zero-order valence-corrected chi connectivity index (χ0v) is 16.0. The van der Waals surface area contributed by atoms with Crippen molar-refractivity contribution < 1.29 is 24.5 Å². The third kappa shape index (κ3) is 2.45. The van der Waals surface area contributed by atoms with Gasteiger partial charge in [0.2, 0.25) is 6.04 Å². The molecule has 2 aromatic carbocycles. The van der Waals surface area contributed by atoms with Crippen molar-refractivity contribution >= 4 is 17.3 Å². The molecule has 30 heavy (non-hydrogen) atoms. The number of fused-ring (bicyclic) bond motifs is 1. The Balaban J connectivity index is 2.04. The summed E-state index contributed by atoms with van der Waals surface area (Å²) >= 11 is 0. The minimum absolute atomic E-state index is 0.0774. The van der Waals surface area contributed by atoms with Crippen LogP contribution in [0.4, 0.5) is 5.69 Å². The SMILES string of the molecule is C[C@@]1(O)CC[C@H]([N+](=O)[O-])[C@@H](c2cccc([N+](=O)[O-])c2)C12C(=O)c1ccccc1C2=O. The van der Waals surface area contributed by atoms with Crippen LogP contribution in [0.25, 0.3) is 0 Å². The number of carbonyl (C=O) groups is 2. The molecule has 2 aliphatic rings. The van der Waals surface area contributed by atoms with Crippen LogP contribution in [0.3, 0.4) is 0 Å². The molecule has 1 spiro atoms. The van der Waals surface area contributed by atoms with E-state index in [-0.39, 0.29) is 35.2 Å². The fourth-order valence-electron chi connectivity index (χ4n) is 5.13. The van der Waals surface area contributed by atoms with Gasteiger partial charge in [0.25, 0.3) is 5.69 Å². The number of hydrogen-bond donors (Lipinski definition) is 1. The maximum atomic E-state index is 13.6. The van der Waals surface area contributed by atoms with Gasteiger partial charge in [-0.05, 0) is 18.9 Å². The van der Waals surface area contributed by atoms with Crippen LogP contribution in [0, 0.1) is 25.6 Å². The minimum atomic E-state index is -2.14. The Kier molecular flexibility index (Phi) is 4.32. The van der Waals surface area contributed by atoms with E-state index in [2.05, 4.69) is 0 Å². The molecule has 0 radical (unpaired) electrons. The van der Waals surface area contributed by atoms with Gasteiger partial charge in [-0.15, -0.1) is 0 Å². The molecular formula is C21H18N2O7. The Hall–Kier alpha value is -3.46. The minimum Gasteiger partial charge on any atom is -0.389 e. The number of carbonyl (C=O) groups excluding carboxylic acids is 2. The van der Waals surface area contributed by atoms with Crippen molar-refractivity contribution in [1.29, 1.82) is 0 Å². The normalized spacial score (nSPS) is 27.1. The molecule has 0 aliphatic heterocycles. The second-order valence-corrected chi connectivity index (χ2v) is 8.01. The summed E-state index contributed by atoms with van der Waals surface area (Å²) in [6.45, 7) is 1.34. The predicted molar refractivity (Wildman–Crippen MR) is 104 cm³/mol. The first kappa shape index (κ1) is 19.8. The molecule has 154 valence electrons. The van der Waals surface area contributed by atoms with Crippen molar-refractivity contribution in [2.45, 2.75) is 37.3 Å². The summed E-state index contributed by atoms with van der Waals surface area (Å²) in [5, 5.41) is 34.6. The van der Waals surface area contributed by atoms with Crippen LogP contribution in [0.1, 0.15) is 52.0 Å². The lowest BCUT2D eigenvalue weighted by atomic mass is 9.52. The first-order chi connectivity index (χ1) is 14.1. The molecule has 0 aromatic heterocycles. The van der Waals surface area contributed by atoms with Gasteiger partial charge in [0, 0.05) is 34.6 Å². The van der Waals surface area contributed by atoms with E-state index < -0.39 is 44.4 Å². The van der Waals surface area contributed by atoms with Crippen LogP contribution >= 0.6 is 0 Å². The standard InChI is InChI=1S/C21H18N2O7/c1-20(26)10-9-16(23(29)30)17(12-5-4-6-13(11-12)22(27)28)21(20)18(24)14-7-2-3-8-15(14)19(21)25/h2-8,11,16-17,26H,9-10H2,1H3/t16-,17+,20+/m0/s1. The van der Waals surface area contributed by atoms with Crippen LogP contribution in [0.15, 0.2) is 48.5 Å². The number of nitro groups is 2. The van der Waals surface area contributed by atoms with Crippen molar-refractivity contribution in [3.63, 3.8) is 0 Å². The zero-order chi connectivity index (χ0) is 21.8. The lowest BCUT2D eigenvalue weighted by molar-refractivity contribution is -0.535. The molecular weight excluding hydrogens is 392 g/mol.